The third-order valence-corrected chi connectivity index (χ3v) is 5.72. The van der Waals surface area contributed by atoms with Crippen LogP contribution < -0.4 is 20.3 Å². The molecule has 1 saturated heterocycles. The van der Waals surface area contributed by atoms with Crippen LogP contribution in [-0.2, 0) is 0 Å². The van der Waals surface area contributed by atoms with E-state index in [9.17, 15) is 4.79 Å². The molecule has 3 aromatic rings. The molecule has 29 heavy (non-hydrogen) atoms. The zero-order valence-corrected chi connectivity index (χ0v) is 17.7. The highest BCUT2D eigenvalue weighted by Crippen LogP contribution is 2.31. The number of hydrogen-bond donors (Lipinski definition) is 2. The third-order valence-electron chi connectivity index (χ3n) is 4.89. The summed E-state index contributed by atoms with van der Waals surface area (Å²) in [6.07, 6.45) is 3.40. The highest BCUT2D eigenvalue weighted by Gasteiger charge is 2.24. The molecule has 1 aliphatic rings. The molecule has 0 spiro atoms. The Labute approximate surface area is 173 Å². The van der Waals surface area contributed by atoms with Crippen LogP contribution in [0, 0.1) is 6.92 Å². The van der Waals surface area contributed by atoms with Gasteiger partial charge in [-0.15, -0.1) is 11.3 Å². The lowest BCUT2D eigenvalue weighted by Gasteiger charge is -2.38. The lowest BCUT2D eigenvalue weighted by atomic mass is 10.0. The fourth-order valence-corrected chi connectivity index (χ4v) is 4.44. The molecule has 0 bridgehead atoms. The molecule has 8 nitrogen and oxygen atoms in total. The lowest BCUT2D eigenvalue weighted by Crippen LogP contribution is -2.54. The number of piperazine rings is 1. The van der Waals surface area contributed by atoms with Gasteiger partial charge >= 0.3 is 6.01 Å². The van der Waals surface area contributed by atoms with E-state index in [2.05, 4.69) is 44.3 Å². The minimum absolute atomic E-state index is 0.229. The maximum atomic E-state index is 13.0. The van der Waals surface area contributed by atoms with Crippen LogP contribution in [0.1, 0.15) is 29.2 Å². The number of amides is 1. The second-order valence-electron chi connectivity index (χ2n) is 7.32. The highest BCUT2D eigenvalue weighted by molar-refractivity contribution is 7.15. The SMILES string of the molecule is COc1ncc2c(N3C[C@H](C)N[C@@H](C)C3)ccc(C(=O)Nc3cnc(C)s3)c2n1. The van der Waals surface area contributed by atoms with Gasteiger partial charge in [0, 0.05) is 42.4 Å². The first-order valence-electron chi connectivity index (χ1n) is 9.53. The zero-order chi connectivity index (χ0) is 20.5. The quantitative estimate of drug-likeness (QED) is 0.681. The number of nitrogens with zero attached hydrogens (tertiary/aromatic N) is 4. The maximum absolute atomic E-state index is 13.0. The summed E-state index contributed by atoms with van der Waals surface area (Å²) in [4.78, 5) is 28.3. The third kappa shape index (κ3) is 4.01. The van der Waals surface area contributed by atoms with Crippen molar-refractivity contribution in [2.45, 2.75) is 32.9 Å². The van der Waals surface area contributed by atoms with Crippen molar-refractivity contribution < 1.29 is 9.53 Å². The van der Waals surface area contributed by atoms with Crippen molar-refractivity contribution in [1.29, 1.82) is 0 Å². The molecular weight excluding hydrogens is 388 g/mol. The topological polar surface area (TPSA) is 92.3 Å². The van der Waals surface area contributed by atoms with E-state index in [-0.39, 0.29) is 11.9 Å². The minimum atomic E-state index is -0.229. The van der Waals surface area contributed by atoms with E-state index in [1.165, 1.54) is 18.4 Å². The van der Waals surface area contributed by atoms with Crippen LogP contribution in [0.25, 0.3) is 10.9 Å². The Balaban J connectivity index is 1.76. The molecule has 152 valence electrons. The number of carbonyl (C=O) groups is 1. The number of fused-ring (bicyclic) bond motifs is 1. The predicted molar refractivity (Wildman–Crippen MR) is 115 cm³/mol. The number of anilines is 2. The summed E-state index contributed by atoms with van der Waals surface area (Å²) in [6, 6.07) is 4.77. The molecule has 9 heteroatoms. The van der Waals surface area contributed by atoms with E-state index in [0.29, 0.717) is 28.2 Å². The van der Waals surface area contributed by atoms with Gasteiger partial charge in [0.15, 0.2) is 0 Å². The molecule has 0 saturated carbocycles. The van der Waals surface area contributed by atoms with E-state index >= 15 is 0 Å². The van der Waals surface area contributed by atoms with Crippen molar-refractivity contribution >= 4 is 38.8 Å². The number of nitrogens with one attached hydrogen (secondary N) is 2. The summed E-state index contributed by atoms with van der Waals surface area (Å²) < 4.78 is 5.21. The Morgan fingerprint density at radius 1 is 1.24 bits per heavy atom. The van der Waals surface area contributed by atoms with Crippen molar-refractivity contribution in [3.05, 3.63) is 35.1 Å². The molecule has 2 N–H and O–H groups in total. The molecule has 1 fully saturated rings. The van der Waals surface area contributed by atoms with Crippen molar-refractivity contribution in [3.63, 3.8) is 0 Å². The number of hydrogen-bond acceptors (Lipinski definition) is 8. The molecule has 3 heterocycles. The van der Waals surface area contributed by atoms with Crippen LogP contribution in [0.5, 0.6) is 6.01 Å². The smallest absolute Gasteiger partial charge is 0.316 e. The number of methoxy groups -OCH3 is 1. The van der Waals surface area contributed by atoms with Gasteiger partial charge in [0.2, 0.25) is 0 Å². The number of thiazole rings is 1. The maximum Gasteiger partial charge on any atom is 0.316 e. The zero-order valence-electron chi connectivity index (χ0n) is 16.9. The molecule has 1 amide bonds. The Kier molecular flexibility index (Phi) is 5.33. The summed E-state index contributed by atoms with van der Waals surface area (Å²) in [5, 5.41) is 8.89. The van der Waals surface area contributed by atoms with Crippen molar-refractivity contribution in [2.75, 3.05) is 30.4 Å². The van der Waals surface area contributed by atoms with E-state index in [4.69, 9.17) is 4.74 Å². The van der Waals surface area contributed by atoms with E-state index in [1.807, 2.05) is 19.1 Å². The summed E-state index contributed by atoms with van der Waals surface area (Å²) in [5.41, 5.74) is 2.08. The van der Waals surface area contributed by atoms with Gasteiger partial charge < -0.3 is 20.3 Å². The predicted octanol–water partition coefficient (Wildman–Crippen LogP) is 2.84. The van der Waals surface area contributed by atoms with Gasteiger partial charge in [-0.25, -0.2) is 9.97 Å². The molecule has 1 aliphatic heterocycles. The van der Waals surface area contributed by atoms with Gasteiger partial charge in [-0.2, -0.15) is 4.98 Å². The van der Waals surface area contributed by atoms with Crippen LogP contribution in [-0.4, -0.2) is 53.1 Å². The molecule has 0 radical (unpaired) electrons. The van der Waals surface area contributed by atoms with Crippen LogP contribution in [0.2, 0.25) is 0 Å². The van der Waals surface area contributed by atoms with Crippen LogP contribution in [0.15, 0.2) is 24.5 Å². The van der Waals surface area contributed by atoms with E-state index in [0.717, 1.165) is 29.2 Å². The Bertz CT molecular complexity index is 1040. The summed E-state index contributed by atoms with van der Waals surface area (Å²) in [7, 11) is 1.52. The largest absolute Gasteiger partial charge is 0.467 e. The fraction of sp³-hybridized carbons (Fsp3) is 0.400. The van der Waals surface area contributed by atoms with Gasteiger partial charge in [0.25, 0.3) is 5.91 Å². The summed E-state index contributed by atoms with van der Waals surface area (Å²) in [5.74, 6) is -0.229. The molecule has 0 aliphatic carbocycles. The fourth-order valence-electron chi connectivity index (χ4n) is 3.77. The Morgan fingerprint density at radius 2 is 2.00 bits per heavy atom. The normalized spacial score (nSPS) is 19.4. The number of benzene rings is 1. The van der Waals surface area contributed by atoms with E-state index in [1.54, 1.807) is 12.4 Å². The lowest BCUT2D eigenvalue weighted by molar-refractivity contribution is 0.102. The number of aromatic nitrogens is 3. The van der Waals surface area contributed by atoms with Crippen LogP contribution >= 0.6 is 11.3 Å². The van der Waals surface area contributed by atoms with Gasteiger partial charge in [-0.3, -0.25) is 4.79 Å². The van der Waals surface area contributed by atoms with Crippen molar-refractivity contribution in [2.24, 2.45) is 0 Å². The van der Waals surface area contributed by atoms with Crippen LogP contribution in [0.3, 0.4) is 0 Å². The summed E-state index contributed by atoms with van der Waals surface area (Å²) >= 11 is 1.43. The number of rotatable bonds is 4. The number of aryl methyl sites for hydroxylation is 1. The molecular formula is C20H24N6O2S. The second-order valence-corrected chi connectivity index (χ2v) is 8.56. The molecule has 2 atom stereocenters. The van der Waals surface area contributed by atoms with E-state index < -0.39 is 0 Å². The van der Waals surface area contributed by atoms with Gasteiger partial charge in [0.05, 0.1) is 29.4 Å². The molecule has 1 aromatic carbocycles. The number of ether oxygens (including phenoxy) is 1. The Hall–Kier alpha value is -2.78. The molecule has 4 rings (SSSR count). The Morgan fingerprint density at radius 3 is 2.66 bits per heavy atom. The first-order valence-corrected chi connectivity index (χ1v) is 10.3. The van der Waals surface area contributed by atoms with Crippen molar-refractivity contribution in [3.8, 4) is 6.01 Å². The average Bonchev–Trinajstić information content (AvgIpc) is 3.10. The monoisotopic (exact) mass is 412 g/mol. The average molecular weight is 413 g/mol. The number of carbonyl (C=O) groups excluding carboxylic acids is 1. The minimum Gasteiger partial charge on any atom is -0.467 e. The highest BCUT2D eigenvalue weighted by atomic mass is 32.1. The standard InChI is InChI=1S/C20H24N6O2S/c1-11-9-26(10-12(2)23-11)16-6-5-14(18-15(16)7-22-20(25-18)28-4)19(27)24-17-8-21-13(3)29-17/h5-8,11-12,23H,9-10H2,1-4H3,(H,24,27)/t11-,12-/m0/s1. The molecule has 0 unspecified atom stereocenters. The van der Waals surface area contributed by atoms with Gasteiger partial charge in [0.1, 0.15) is 5.00 Å². The molecule has 2 aromatic heterocycles. The van der Waals surface area contributed by atoms with Crippen molar-refractivity contribution in [1.82, 2.24) is 20.3 Å². The van der Waals surface area contributed by atoms with Gasteiger partial charge in [-0.1, -0.05) is 0 Å². The summed E-state index contributed by atoms with van der Waals surface area (Å²) in [6.45, 7) is 7.98. The first kappa shape index (κ1) is 19.5. The first-order chi connectivity index (χ1) is 13.9. The van der Waals surface area contributed by atoms with Gasteiger partial charge in [-0.05, 0) is 32.9 Å². The van der Waals surface area contributed by atoms with Crippen LogP contribution in [0.4, 0.5) is 10.7 Å². The second kappa shape index (κ2) is 7.92.